The predicted octanol–water partition coefficient (Wildman–Crippen LogP) is 1.22. The molecule has 0 aliphatic carbocycles. The summed E-state index contributed by atoms with van der Waals surface area (Å²) in [4.78, 5) is 10.5. The van der Waals surface area contributed by atoms with Gasteiger partial charge in [-0.2, -0.15) is 23.4 Å². The van der Waals surface area contributed by atoms with Crippen LogP contribution in [0.3, 0.4) is 0 Å². The summed E-state index contributed by atoms with van der Waals surface area (Å²) in [6.07, 6.45) is -3.04. The van der Waals surface area contributed by atoms with Crippen molar-refractivity contribution in [1.29, 1.82) is 0 Å². The number of hydrogen-bond acceptors (Lipinski definition) is 3. The van der Waals surface area contributed by atoms with Crippen LogP contribution in [0.25, 0.3) is 0 Å². The lowest BCUT2D eigenvalue weighted by atomic mass is 10.2. The summed E-state index contributed by atoms with van der Waals surface area (Å²) in [6, 6.07) is 0.961. The monoisotopic (exact) mass is 176 g/mol. The predicted molar refractivity (Wildman–Crippen MR) is 32.4 cm³/mol. The standard InChI is InChI=1S/C6H3F3N2O/c7-6(8,9)5(12)4-1-2-10-11-3-4/h1-3H. The minimum atomic E-state index is -4.84. The van der Waals surface area contributed by atoms with Crippen molar-refractivity contribution >= 4 is 5.78 Å². The fraction of sp³-hybridized carbons (Fsp3) is 0.167. The first kappa shape index (κ1) is 8.63. The van der Waals surface area contributed by atoms with Crippen molar-refractivity contribution in [3.05, 3.63) is 24.0 Å². The molecular formula is C6H3F3N2O. The van der Waals surface area contributed by atoms with Crippen molar-refractivity contribution in [3.8, 4) is 0 Å². The van der Waals surface area contributed by atoms with Crippen molar-refractivity contribution in [2.75, 3.05) is 0 Å². The number of carbonyl (C=O) groups is 1. The fourth-order valence-electron chi connectivity index (χ4n) is 0.589. The number of ketones is 1. The van der Waals surface area contributed by atoms with Gasteiger partial charge in [-0.25, -0.2) is 0 Å². The third-order valence-electron chi connectivity index (χ3n) is 1.10. The number of Topliss-reactive ketones (excluding diaryl/α,β-unsaturated/α-hetero) is 1. The minimum absolute atomic E-state index is 0.502. The van der Waals surface area contributed by atoms with Crippen molar-refractivity contribution in [3.63, 3.8) is 0 Å². The van der Waals surface area contributed by atoms with Crippen LogP contribution < -0.4 is 0 Å². The Kier molecular flexibility index (Phi) is 2.07. The highest BCUT2D eigenvalue weighted by molar-refractivity contribution is 5.99. The Bertz CT molecular complexity index is 283. The molecule has 0 saturated carbocycles. The second kappa shape index (κ2) is 2.88. The molecule has 3 nitrogen and oxygen atoms in total. The maximum Gasteiger partial charge on any atom is 0.454 e. The molecule has 0 aliphatic heterocycles. The van der Waals surface area contributed by atoms with E-state index in [2.05, 4.69) is 10.2 Å². The number of nitrogens with zero attached hydrogens (tertiary/aromatic N) is 2. The highest BCUT2D eigenvalue weighted by atomic mass is 19.4. The molecule has 1 aromatic rings. The number of alkyl halides is 3. The highest BCUT2D eigenvalue weighted by Crippen LogP contribution is 2.20. The Labute approximate surface area is 65.2 Å². The zero-order valence-electron chi connectivity index (χ0n) is 5.67. The van der Waals surface area contributed by atoms with E-state index >= 15 is 0 Å². The van der Waals surface area contributed by atoms with Crippen LogP contribution in [0.5, 0.6) is 0 Å². The molecular weight excluding hydrogens is 173 g/mol. The molecule has 0 N–H and O–H groups in total. The third kappa shape index (κ3) is 1.77. The van der Waals surface area contributed by atoms with Gasteiger partial charge in [0.05, 0.1) is 12.4 Å². The molecule has 0 fully saturated rings. The molecule has 0 aliphatic rings. The van der Waals surface area contributed by atoms with Gasteiger partial charge in [-0.3, -0.25) is 4.79 Å². The maximum absolute atomic E-state index is 11.7. The molecule has 6 heteroatoms. The summed E-state index contributed by atoms with van der Waals surface area (Å²) < 4.78 is 35.2. The zero-order chi connectivity index (χ0) is 9.19. The van der Waals surface area contributed by atoms with E-state index in [1.54, 1.807) is 0 Å². The van der Waals surface area contributed by atoms with Crippen molar-refractivity contribution < 1.29 is 18.0 Å². The van der Waals surface area contributed by atoms with E-state index in [-0.39, 0.29) is 0 Å². The normalized spacial score (nSPS) is 11.2. The van der Waals surface area contributed by atoms with Crippen LogP contribution in [-0.2, 0) is 0 Å². The molecule has 0 radical (unpaired) electrons. The van der Waals surface area contributed by atoms with Gasteiger partial charge in [0.2, 0.25) is 0 Å². The summed E-state index contributed by atoms with van der Waals surface area (Å²) in [7, 11) is 0. The van der Waals surface area contributed by atoms with Gasteiger partial charge in [-0.05, 0) is 6.07 Å². The summed E-state index contributed by atoms with van der Waals surface area (Å²) in [5, 5.41) is 6.39. The number of carbonyl (C=O) groups excluding carboxylic acids is 1. The van der Waals surface area contributed by atoms with Crippen LogP contribution >= 0.6 is 0 Å². The van der Waals surface area contributed by atoms with Crippen LogP contribution in [0.15, 0.2) is 18.5 Å². The van der Waals surface area contributed by atoms with Crippen LogP contribution in [-0.4, -0.2) is 22.2 Å². The molecule has 1 rings (SSSR count). The van der Waals surface area contributed by atoms with Gasteiger partial charge in [0.25, 0.3) is 5.78 Å². The molecule has 12 heavy (non-hydrogen) atoms. The summed E-state index contributed by atoms with van der Waals surface area (Å²) in [5.41, 5.74) is -0.502. The quantitative estimate of drug-likeness (QED) is 0.604. The Balaban J connectivity index is 2.94. The van der Waals surface area contributed by atoms with Gasteiger partial charge in [0, 0.05) is 5.56 Å². The van der Waals surface area contributed by atoms with E-state index in [1.807, 2.05) is 0 Å². The third-order valence-corrected chi connectivity index (χ3v) is 1.10. The lowest BCUT2D eigenvalue weighted by Crippen LogP contribution is -2.22. The molecule has 64 valence electrons. The number of rotatable bonds is 1. The first-order valence-electron chi connectivity index (χ1n) is 2.90. The SMILES string of the molecule is O=C(c1ccnnc1)C(F)(F)F. The van der Waals surface area contributed by atoms with E-state index < -0.39 is 17.5 Å². The number of hydrogen-bond donors (Lipinski definition) is 0. The first-order chi connectivity index (χ1) is 5.52. The average Bonchev–Trinajstić information content (AvgIpc) is 2.03. The smallest absolute Gasteiger partial charge is 0.284 e. The van der Waals surface area contributed by atoms with Crippen LogP contribution in [0.1, 0.15) is 10.4 Å². The van der Waals surface area contributed by atoms with Gasteiger partial charge in [-0.1, -0.05) is 0 Å². The van der Waals surface area contributed by atoms with Gasteiger partial charge in [0.1, 0.15) is 0 Å². The summed E-state index contributed by atoms with van der Waals surface area (Å²) in [5.74, 6) is -1.91. The second-order valence-corrected chi connectivity index (χ2v) is 1.96. The zero-order valence-corrected chi connectivity index (χ0v) is 5.67. The average molecular weight is 176 g/mol. The second-order valence-electron chi connectivity index (χ2n) is 1.96. The van der Waals surface area contributed by atoms with Crippen LogP contribution in [0.4, 0.5) is 13.2 Å². The van der Waals surface area contributed by atoms with E-state index in [0.29, 0.717) is 0 Å². The molecule has 0 saturated heterocycles. The van der Waals surface area contributed by atoms with E-state index in [4.69, 9.17) is 0 Å². The molecule has 1 heterocycles. The summed E-state index contributed by atoms with van der Waals surface area (Å²) in [6.45, 7) is 0. The lowest BCUT2D eigenvalue weighted by Gasteiger charge is -2.02. The Morgan fingerprint density at radius 2 is 2.00 bits per heavy atom. The molecule has 0 spiro atoms. The Morgan fingerprint density at radius 3 is 2.42 bits per heavy atom. The molecule has 1 aromatic heterocycles. The first-order valence-corrected chi connectivity index (χ1v) is 2.90. The Morgan fingerprint density at radius 1 is 1.33 bits per heavy atom. The minimum Gasteiger partial charge on any atom is -0.284 e. The van der Waals surface area contributed by atoms with E-state index in [9.17, 15) is 18.0 Å². The van der Waals surface area contributed by atoms with Crippen molar-refractivity contribution in [2.45, 2.75) is 6.18 Å². The molecule has 0 amide bonds. The fourth-order valence-corrected chi connectivity index (χ4v) is 0.589. The highest BCUT2D eigenvalue weighted by Gasteiger charge is 2.39. The maximum atomic E-state index is 11.7. The molecule has 0 unspecified atom stereocenters. The van der Waals surface area contributed by atoms with E-state index in [0.717, 1.165) is 18.5 Å². The largest absolute Gasteiger partial charge is 0.454 e. The topological polar surface area (TPSA) is 42.9 Å². The van der Waals surface area contributed by atoms with Crippen molar-refractivity contribution in [1.82, 2.24) is 10.2 Å². The van der Waals surface area contributed by atoms with Crippen LogP contribution in [0.2, 0.25) is 0 Å². The van der Waals surface area contributed by atoms with Crippen LogP contribution in [0, 0.1) is 0 Å². The van der Waals surface area contributed by atoms with Crippen molar-refractivity contribution in [2.24, 2.45) is 0 Å². The van der Waals surface area contributed by atoms with Gasteiger partial charge in [0.15, 0.2) is 0 Å². The summed E-state index contributed by atoms with van der Waals surface area (Å²) >= 11 is 0. The number of halogens is 3. The molecule has 0 atom stereocenters. The Hall–Kier alpha value is -1.46. The number of aromatic nitrogens is 2. The van der Waals surface area contributed by atoms with E-state index in [1.165, 1.54) is 0 Å². The van der Waals surface area contributed by atoms with Gasteiger partial charge in [-0.15, -0.1) is 0 Å². The molecule has 0 bridgehead atoms. The lowest BCUT2D eigenvalue weighted by molar-refractivity contribution is -0.0885. The molecule has 0 aromatic carbocycles. The van der Waals surface area contributed by atoms with Gasteiger partial charge < -0.3 is 0 Å². The van der Waals surface area contributed by atoms with Gasteiger partial charge >= 0.3 is 6.18 Å².